The number of alkyl halides is 3. The van der Waals surface area contributed by atoms with Crippen molar-refractivity contribution in [1.29, 1.82) is 0 Å². The highest BCUT2D eigenvalue weighted by molar-refractivity contribution is 14.1. The third-order valence-electron chi connectivity index (χ3n) is 2.49. The summed E-state index contributed by atoms with van der Waals surface area (Å²) < 4.78 is 60.4. The molecule has 1 N–H and O–H groups in total. The Morgan fingerprint density at radius 1 is 1.22 bits per heavy atom. The zero-order chi connectivity index (χ0) is 17.8. The fraction of sp³-hybridized carbons (Fsp3) is 0.231. The minimum absolute atomic E-state index is 0.199. The highest BCUT2D eigenvalue weighted by Crippen LogP contribution is 2.34. The number of hydrogen-bond donors (Lipinski definition) is 1. The maximum atomic E-state index is 13.7. The van der Waals surface area contributed by atoms with Gasteiger partial charge in [0.1, 0.15) is 11.5 Å². The van der Waals surface area contributed by atoms with Crippen LogP contribution in [0.1, 0.15) is 5.56 Å². The SMILES string of the molecule is COC(=O)/C=C(/Nc1cc(C(F)(F)F)cc(F)c1I)C(=O)OC. The molecule has 23 heavy (non-hydrogen) atoms. The van der Waals surface area contributed by atoms with E-state index in [9.17, 15) is 27.2 Å². The summed E-state index contributed by atoms with van der Waals surface area (Å²) in [5.41, 5.74) is -2.10. The predicted octanol–water partition coefficient (Wildman–Crippen LogP) is 3.09. The average Bonchev–Trinajstić information content (AvgIpc) is 2.48. The third-order valence-corrected chi connectivity index (χ3v) is 3.59. The molecule has 0 unspecified atom stereocenters. The van der Waals surface area contributed by atoms with Crippen molar-refractivity contribution in [1.82, 2.24) is 0 Å². The Morgan fingerprint density at radius 3 is 2.30 bits per heavy atom. The Kier molecular flexibility index (Phi) is 6.36. The number of ether oxygens (including phenoxy) is 2. The first-order chi connectivity index (χ1) is 10.6. The smallest absolute Gasteiger partial charge is 0.416 e. The lowest BCUT2D eigenvalue weighted by Gasteiger charge is -2.14. The summed E-state index contributed by atoms with van der Waals surface area (Å²) in [6, 6.07) is 0.938. The summed E-state index contributed by atoms with van der Waals surface area (Å²) in [4.78, 5) is 22.8. The van der Waals surface area contributed by atoms with Gasteiger partial charge in [-0.1, -0.05) is 0 Å². The molecule has 0 aromatic heterocycles. The number of nitrogens with one attached hydrogen (secondary N) is 1. The molecular formula is C13H10F4INO4. The van der Waals surface area contributed by atoms with Crippen molar-refractivity contribution in [2.75, 3.05) is 19.5 Å². The second-order valence-electron chi connectivity index (χ2n) is 4.02. The molecule has 1 aromatic rings. The Morgan fingerprint density at radius 2 is 1.83 bits per heavy atom. The first kappa shape index (κ1) is 19.2. The van der Waals surface area contributed by atoms with Crippen molar-refractivity contribution in [3.8, 4) is 0 Å². The van der Waals surface area contributed by atoms with Crippen molar-refractivity contribution in [2.45, 2.75) is 6.18 Å². The minimum Gasteiger partial charge on any atom is -0.466 e. The van der Waals surface area contributed by atoms with Gasteiger partial charge in [0.05, 0.1) is 35.1 Å². The first-order valence-corrected chi connectivity index (χ1v) is 6.89. The molecule has 0 saturated heterocycles. The number of rotatable bonds is 4. The third kappa shape index (κ3) is 5.08. The van der Waals surface area contributed by atoms with Crippen LogP contribution in [-0.4, -0.2) is 26.2 Å². The molecule has 0 amide bonds. The number of carbonyl (C=O) groups is 2. The van der Waals surface area contributed by atoms with Gasteiger partial charge in [-0.3, -0.25) is 0 Å². The molecule has 0 heterocycles. The lowest BCUT2D eigenvalue weighted by atomic mass is 10.2. The van der Waals surface area contributed by atoms with Crippen LogP contribution in [0.3, 0.4) is 0 Å². The lowest BCUT2D eigenvalue weighted by molar-refractivity contribution is -0.138. The predicted molar refractivity (Wildman–Crippen MR) is 79.9 cm³/mol. The van der Waals surface area contributed by atoms with Crippen LogP contribution in [0.25, 0.3) is 0 Å². The fourth-order valence-electron chi connectivity index (χ4n) is 1.42. The molecule has 0 radical (unpaired) electrons. The molecule has 0 atom stereocenters. The summed E-state index contributed by atoms with van der Waals surface area (Å²) in [5, 5.41) is 2.25. The van der Waals surface area contributed by atoms with Crippen LogP contribution >= 0.6 is 22.6 Å². The van der Waals surface area contributed by atoms with E-state index < -0.39 is 35.2 Å². The van der Waals surface area contributed by atoms with Gasteiger partial charge in [-0.25, -0.2) is 14.0 Å². The zero-order valence-corrected chi connectivity index (χ0v) is 13.9. The Balaban J connectivity index is 3.33. The normalized spacial score (nSPS) is 11.9. The molecule has 126 valence electrons. The highest BCUT2D eigenvalue weighted by Gasteiger charge is 2.32. The van der Waals surface area contributed by atoms with Gasteiger partial charge in [0.25, 0.3) is 0 Å². The number of hydrogen-bond acceptors (Lipinski definition) is 5. The van der Waals surface area contributed by atoms with Crippen LogP contribution in [0.5, 0.6) is 0 Å². The Hall–Kier alpha value is -1.85. The molecule has 5 nitrogen and oxygen atoms in total. The highest BCUT2D eigenvalue weighted by atomic mass is 127. The van der Waals surface area contributed by atoms with Gasteiger partial charge in [-0.15, -0.1) is 0 Å². The molecular weight excluding hydrogens is 437 g/mol. The second-order valence-corrected chi connectivity index (χ2v) is 5.09. The van der Waals surface area contributed by atoms with Crippen LogP contribution in [0, 0.1) is 9.39 Å². The van der Waals surface area contributed by atoms with Crippen LogP contribution < -0.4 is 5.32 Å². The quantitative estimate of drug-likeness (QED) is 0.333. The number of benzene rings is 1. The molecule has 0 aliphatic rings. The molecule has 0 spiro atoms. The summed E-state index contributed by atoms with van der Waals surface area (Å²) >= 11 is 1.46. The van der Waals surface area contributed by atoms with Gasteiger partial charge in [-0.2, -0.15) is 13.2 Å². The second kappa shape index (κ2) is 7.62. The van der Waals surface area contributed by atoms with Crippen LogP contribution in [0.15, 0.2) is 23.9 Å². The van der Waals surface area contributed by atoms with E-state index in [1.807, 2.05) is 0 Å². The molecule has 0 bridgehead atoms. The fourth-order valence-corrected chi connectivity index (χ4v) is 1.87. The van der Waals surface area contributed by atoms with E-state index in [1.165, 1.54) is 22.6 Å². The van der Waals surface area contributed by atoms with E-state index in [1.54, 1.807) is 0 Å². The first-order valence-electron chi connectivity index (χ1n) is 5.81. The summed E-state index contributed by atoms with van der Waals surface area (Å²) in [6.07, 6.45) is -4.10. The Labute approximate surface area is 141 Å². The maximum absolute atomic E-state index is 13.7. The summed E-state index contributed by atoms with van der Waals surface area (Å²) in [5.74, 6) is -3.12. The molecule has 0 fully saturated rings. The number of carbonyl (C=O) groups excluding carboxylic acids is 2. The van der Waals surface area contributed by atoms with Gasteiger partial charge in [0.15, 0.2) is 0 Å². The van der Waals surface area contributed by atoms with Gasteiger partial charge < -0.3 is 14.8 Å². The Bertz CT molecular complexity index is 658. The zero-order valence-electron chi connectivity index (χ0n) is 11.8. The van der Waals surface area contributed by atoms with E-state index in [0.717, 1.165) is 14.2 Å². The molecule has 0 saturated carbocycles. The van der Waals surface area contributed by atoms with E-state index >= 15 is 0 Å². The lowest BCUT2D eigenvalue weighted by Crippen LogP contribution is -2.17. The number of anilines is 1. The minimum atomic E-state index is -4.78. The molecule has 10 heteroatoms. The summed E-state index contributed by atoms with van der Waals surface area (Å²) in [7, 11) is 2.05. The van der Waals surface area contributed by atoms with Crippen molar-refractivity contribution in [2.24, 2.45) is 0 Å². The maximum Gasteiger partial charge on any atom is 0.416 e. The van der Waals surface area contributed by atoms with Gasteiger partial charge >= 0.3 is 18.1 Å². The van der Waals surface area contributed by atoms with Crippen molar-refractivity contribution >= 4 is 40.2 Å². The molecule has 1 rings (SSSR count). The standard InChI is InChI=1S/C13H10F4INO4/c1-22-10(20)5-9(12(21)23-2)19-8-4-6(13(15,16)17)3-7(14)11(8)18/h3-5,19H,1-2H3/b9-5+. The van der Waals surface area contributed by atoms with E-state index in [2.05, 4.69) is 14.8 Å². The molecule has 0 aliphatic heterocycles. The van der Waals surface area contributed by atoms with E-state index in [4.69, 9.17) is 0 Å². The van der Waals surface area contributed by atoms with Gasteiger partial charge in [-0.05, 0) is 34.7 Å². The number of methoxy groups -OCH3 is 2. The largest absolute Gasteiger partial charge is 0.466 e. The number of halogens is 5. The molecule has 0 aliphatic carbocycles. The van der Waals surface area contributed by atoms with Crippen LogP contribution in [0.4, 0.5) is 23.2 Å². The van der Waals surface area contributed by atoms with Crippen molar-refractivity contribution in [3.05, 3.63) is 38.9 Å². The average molecular weight is 447 g/mol. The topological polar surface area (TPSA) is 64.6 Å². The van der Waals surface area contributed by atoms with E-state index in [-0.39, 0.29) is 9.26 Å². The van der Waals surface area contributed by atoms with Crippen molar-refractivity contribution in [3.63, 3.8) is 0 Å². The van der Waals surface area contributed by atoms with Crippen LogP contribution in [-0.2, 0) is 25.2 Å². The number of esters is 2. The molecule has 1 aromatic carbocycles. The summed E-state index contributed by atoms with van der Waals surface area (Å²) in [6.45, 7) is 0. The monoisotopic (exact) mass is 447 g/mol. The van der Waals surface area contributed by atoms with Crippen molar-refractivity contribution < 1.29 is 36.6 Å². The van der Waals surface area contributed by atoms with Gasteiger partial charge in [0, 0.05) is 0 Å². The van der Waals surface area contributed by atoms with Crippen LogP contribution in [0.2, 0.25) is 0 Å². The van der Waals surface area contributed by atoms with E-state index in [0.29, 0.717) is 18.2 Å². The van der Waals surface area contributed by atoms with Gasteiger partial charge in [0.2, 0.25) is 0 Å².